The molecule has 2 amide bonds. The van der Waals surface area contributed by atoms with Crippen LogP contribution < -0.4 is 10.6 Å². The first kappa shape index (κ1) is 16.5. The lowest BCUT2D eigenvalue weighted by Gasteiger charge is -2.28. The van der Waals surface area contributed by atoms with Crippen molar-refractivity contribution in [3.8, 4) is 0 Å². The standard InChI is InChI=1S/C18H26N2O2/c1-3-13-9-11-15(12-10-13)19-17(21)18(22)20-16-8-6-5-7-14(16)4-2/h5-8,13,15H,3-4,9-12H2,1-2H3,(H,19,21)(H,20,22). The van der Waals surface area contributed by atoms with Crippen molar-refractivity contribution in [1.29, 1.82) is 0 Å². The summed E-state index contributed by atoms with van der Waals surface area (Å²) in [5.41, 5.74) is 1.76. The van der Waals surface area contributed by atoms with E-state index in [1.54, 1.807) is 0 Å². The molecule has 120 valence electrons. The topological polar surface area (TPSA) is 58.2 Å². The summed E-state index contributed by atoms with van der Waals surface area (Å²) in [5, 5.41) is 5.59. The van der Waals surface area contributed by atoms with Crippen molar-refractivity contribution in [2.24, 2.45) is 5.92 Å². The number of carbonyl (C=O) groups is 2. The van der Waals surface area contributed by atoms with Crippen LogP contribution >= 0.6 is 0 Å². The predicted molar refractivity (Wildman–Crippen MR) is 88.6 cm³/mol. The van der Waals surface area contributed by atoms with Gasteiger partial charge in [-0.1, -0.05) is 38.5 Å². The second kappa shape index (κ2) is 7.97. The summed E-state index contributed by atoms with van der Waals surface area (Å²) in [4.78, 5) is 24.1. The Morgan fingerprint density at radius 2 is 1.73 bits per heavy atom. The van der Waals surface area contributed by atoms with Crippen LogP contribution in [-0.4, -0.2) is 17.9 Å². The number of hydrogen-bond acceptors (Lipinski definition) is 2. The Bertz CT molecular complexity index is 520. The minimum atomic E-state index is -0.571. The van der Waals surface area contributed by atoms with Crippen LogP contribution in [0, 0.1) is 5.92 Å². The summed E-state index contributed by atoms with van der Waals surface area (Å²) in [7, 11) is 0. The van der Waals surface area contributed by atoms with Gasteiger partial charge in [0.15, 0.2) is 0 Å². The number of amides is 2. The van der Waals surface area contributed by atoms with E-state index in [1.807, 2.05) is 31.2 Å². The summed E-state index contributed by atoms with van der Waals surface area (Å²) < 4.78 is 0. The summed E-state index contributed by atoms with van der Waals surface area (Å²) in [5.74, 6) is -0.317. The molecule has 1 saturated carbocycles. The Hall–Kier alpha value is -1.84. The molecule has 0 unspecified atom stereocenters. The van der Waals surface area contributed by atoms with Gasteiger partial charge in [0.2, 0.25) is 0 Å². The number of benzene rings is 1. The van der Waals surface area contributed by atoms with E-state index in [0.29, 0.717) is 0 Å². The zero-order valence-corrected chi connectivity index (χ0v) is 13.5. The van der Waals surface area contributed by atoms with Gasteiger partial charge in [-0.15, -0.1) is 0 Å². The molecule has 0 aliphatic heterocycles. The van der Waals surface area contributed by atoms with E-state index >= 15 is 0 Å². The van der Waals surface area contributed by atoms with Crippen LogP contribution in [0.4, 0.5) is 5.69 Å². The number of para-hydroxylation sites is 1. The highest BCUT2D eigenvalue weighted by Gasteiger charge is 2.24. The molecule has 0 atom stereocenters. The lowest BCUT2D eigenvalue weighted by atomic mass is 9.84. The molecule has 1 aromatic rings. The Labute approximate surface area is 132 Å². The lowest BCUT2D eigenvalue weighted by molar-refractivity contribution is -0.136. The quantitative estimate of drug-likeness (QED) is 0.839. The van der Waals surface area contributed by atoms with Gasteiger partial charge in [0.1, 0.15) is 0 Å². The first-order chi connectivity index (χ1) is 10.6. The van der Waals surface area contributed by atoms with Crippen LogP contribution in [0.15, 0.2) is 24.3 Å². The highest BCUT2D eigenvalue weighted by Crippen LogP contribution is 2.26. The van der Waals surface area contributed by atoms with Crippen molar-refractivity contribution in [3.05, 3.63) is 29.8 Å². The van der Waals surface area contributed by atoms with Crippen molar-refractivity contribution in [2.45, 2.75) is 58.4 Å². The maximum Gasteiger partial charge on any atom is 0.313 e. The van der Waals surface area contributed by atoms with Crippen molar-refractivity contribution in [2.75, 3.05) is 5.32 Å². The fourth-order valence-electron chi connectivity index (χ4n) is 3.10. The van der Waals surface area contributed by atoms with E-state index in [9.17, 15) is 9.59 Å². The third kappa shape index (κ3) is 4.33. The van der Waals surface area contributed by atoms with E-state index < -0.39 is 11.8 Å². The molecule has 4 nitrogen and oxygen atoms in total. The second-order valence-corrected chi connectivity index (χ2v) is 6.06. The molecule has 1 aliphatic rings. The van der Waals surface area contributed by atoms with Crippen molar-refractivity contribution in [1.82, 2.24) is 5.32 Å². The van der Waals surface area contributed by atoms with Gasteiger partial charge in [-0.2, -0.15) is 0 Å². The van der Waals surface area contributed by atoms with E-state index in [2.05, 4.69) is 17.6 Å². The summed E-state index contributed by atoms with van der Waals surface area (Å²) >= 11 is 0. The largest absolute Gasteiger partial charge is 0.345 e. The normalized spacial score (nSPS) is 21.2. The average molecular weight is 302 g/mol. The molecule has 22 heavy (non-hydrogen) atoms. The number of nitrogens with one attached hydrogen (secondary N) is 2. The highest BCUT2D eigenvalue weighted by molar-refractivity contribution is 6.39. The molecule has 1 aromatic carbocycles. The molecular weight excluding hydrogens is 276 g/mol. The summed E-state index contributed by atoms with van der Waals surface area (Å²) in [6, 6.07) is 7.72. The first-order valence-corrected chi connectivity index (χ1v) is 8.33. The molecule has 1 fully saturated rings. The maximum absolute atomic E-state index is 12.1. The number of rotatable bonds is 4. The Morgan fingerprint density at radius 3 is 2.36 bits per heavy atom. The van der Waals surface area contributed by atoms with E-state index in [-0.39, 0.29) is 6.04 Å². The summed E-state index contributed by atoms with van der Waals surface area (Å²) in [6.45, 7) is 4.24. The Morgan fingerprint density at radius 1 is 1.05 bits per heavy atom. The van der Waals surface area contributed by atoms with Gasteiger partial charge in [-0.05, 0) is 49.7 Å². The molecule has 0 radical (unpaired) electrons. The van der Waals surface area contributed by atoms with Crippen molar-refractivity contribution < 1.29 is 9.59 Å². The molecule has 0 heterocycles. The Kier molecular flexibility index (Phi) is 5.99. The van der Waals surface area contributed by atoms with Crippen LogP contribution in [0.5, 0.6) is 0 Å². The Balaban J connectivity index is 1.86. The molecule has 2 rings (SSSR count). The maximum atomic E-state index is 12.1. The number of carbonyl (C=O) groups excluding carboxylic acids is 2. The smallest absolute Gasteiger partial charge is 0.313 e. The average Bonchev–Trinajstić information content (AvgIpc) is 2.56. The zero-order valence-electron chi connectivity index (χ0n) is 13.5. The van der Waals surface area contributed by atoms with Crippen LogP contribution in [-0.2, 0) is 16.0 Å². The van der Waals surface area contributed by atoms with Gasteiger partial charge in [0, 0.05) is 11.7 Å². The number of aryl methyl sites for hydroxylation is 1. The predicted octanol–water partition coefficient (Wildman–Crippen LogP) is 3.27. The highest BCUT2D eigenvalue weighted by atomic mass is 16.2. The zero-order chi connectivity index (χ0) is 15.9. The fourth-order valence-corrected chi connectivity index (χ4v) is 3.10. The molecule has 1 aliphatic carbocycles. The molecular formula is C18H26N2O2. The van der Waals surface area contributed by atoms with Crippen LogP contribution in [0.25, 0.3) is 0 Å². The molecule has 0 bridgehead atoms. The van der Waals surface area contributed by atoms with E-state index in [4.69, 9.17) is 0 Å². The lowest BCUT2D eigenvalue weighted by Crippen LogP contribution is -2.43. The first-order valence-electron chi connectivity index (χ1n) is 8.33. The second-order valence-electron chi connectivity index (χ2n) is 6.06. The van der Waals surface area contributed by atoms with E-state index in [0.717, 1.165) is 49.3 Å². The minimum Gasteiger partial charge on any atom is -0.345 e. The molecule has 0 spiro atoms. The number of hydrogen-bond donors (Lipinski definition) is 2. The molecule has 0 aromatic heterocycles. The third-order valence-electron chi connectivity index (χ3n) is 4.61. The molecule has 0 saturated heterocycles. The molecule has 2 N–H and O–H groups in total. The molecule has 4 heteroatoms. The van der Waals surface area contributed by atoms with Crippen LogP contribution in [0.1, 0.15) is 51.5 Å². The van der Waals surface area contributed by atoms with Gasteiger partial charge in [-0.3, -0.25) is 9.59 Å². The fraction of sp³-hybridized carbons (Fsp3) is 0.556. The van der Waals surface area contributed by atoms with Crippen LogP contribution in [0.2, 0.25) is 0 Å². The van der Waals surface area contributed by atoms with Gasteiger partial charge in [-0.25, -0.2) is 0 Å². The SMILES string of the molecule is CCc1ccccc1NC(=O)C(=O)NC1CCC(CC)CC1. The van der Waals surface area contributed by atoms with Crippen LogP contribution in [0.3, 0.4) is 0 Å². The van der Waals surface area contributed by atoms with Gasteiger partial charge < -0.3 is 10.6 Å². The monoisotopic (exact) mass is 302 g/mol. The van der Waals surface area contributed by atoms with Gasteiger partial charge in [0.05, 0.1) is 0 Å². The summed E-state index contributed by atoms with van der Waals surface area (Å²) in [6.07, 6.45) is 6.25. The third-order valence-corrected chi connectivity index (χ3v) is 4.61. The number of anilines is 1. The van der Waals surface area contributed by atoms with Gasteiger partial charge >= 0.3 is 11.8 Å². The van der Waals surface area contributed by atoms with E-state index in [1.165, 1.54) is 6.42 Å². The minimum absolute atomic E-state index is 0.141. The van der Waals surface area contributed by atoms with Gasteiger partial charge in [0.25, 0.3) is 0 Å². The van der Waals surface area contributed by atoms with Crippen molar-refractivity contribution in [3.63, 3.8) is 0 Å². The van der Waals surface area contributed by atoms with Crippen molar-refractivity contribution >= 4 is 17.5 Å².